The Bertz CT molecular complexity index is 503. The lowest BCUT2D eigenvalue weighted by Gasteiger charge is -2.46. The SMILES string of the molecule is CN1CCC1(C)C(=O)Nc1ccc2c(c1)OCO2. The van der Waals surface area contributed by atoms with E-state index in [0.29, 0.717) is 5.75 Å². The number of carbonyl (C=O) groups is 1. The number of likely N-dealkylation sites (tertiary alicyclic amines) is 1. The molecule has 0 radical (unpaired) electrons. The summed E-state index contributed by atoms with van der Waals surface area (Å²) in [7, 11) is 1.96. The average molecular weight is 248 g/mol. The molecule has 0 spiro atoms. The van der Waals surface area contributed by atoms with Crippen LogP contribution in [-0.4, -0.2) is 36.7 Å². The van der Waals surface area contributed by atoms with Crippen molar-refractivity contribution in [2.75, 3.05) is 25.7 Å². The number of ether oxygens (including phenoxy) is 2. The molecule has 0 bridgehead atoms. The first-order chi connectivity index (χ1) is 8.59. The summed E-state index contributed by atoms with van der Waals surface area (Å²) in [6.45, 7) is 3.16. The third-order valence-corrected chi connectivity index (χ3v) is 3.90. The topological polar surface area (TPSA) is 50.8 Å². The Labute approximate surface area is 106 Å². The van der Waals surface area contributed by atoms with Crippen LogP contribution in [0.4, 0.5) is 5.69 Å². The van der Waals surface area contributed by atoms with E-state index < -0.39 is 5.54 Å². The van der Waals surface area contributed by atoms with Gasteiger partial charge in [-0.1, -0.05) is 0 Å². The Morgan fingerprint density at radius 3 is 2.83 bits per heavy atom. The van der Waals surface area contributed by atoms with Crippen molar-refractivity contribution in [3.05, 3.63) is 18.2 Å². The molecule has 5 heteroatoms. The molecule has 0 aliphatic carbocycles. The number of carbonyl (C=O) groups excluding carboxylic acids is 1. The second kappa shape index (κ2) is 3.88. The predicted octanol–water partition coefficient (Wildman–Crippen LogP) is 1.45. The van der Waals surface area contributed by atoms with Gasteiger partial charge in [-0.05, 0) is 32.5 Å². The number of likely N-dealkylation sites (N-methyl/N-ethyl adjacent to an activating group) is 1. The van der Waals surface area contributed by atoms with E-state index in [2.05, 4.69) is 10.2 Å². The normalized spacial score (nSPS) is 25.7. The molecule has 1 amide bonds. The van der Waals surface area contributed by atoms with Gasteiger partial charge in [-0.2, -0.15) is 0 Å². The smallest absolute Gasteiger partial charge is 0.244 e. The van der Waals surface area contributed by atoms with Crippen LogP contribution in [0.2, 0.25) is 0 Å². The fourth-order valence-corrected chi connectivity index (χ4v) is 2.20. The first kappa shape index (κ1) is 11.3. The quantitative estimate of drug-likeness (QED) is 0.860. The van der Waals surface area contributed by atoms with Gasteiger partial charge in [0.1, 0.15) is 0 Å². The van der Waals surface area contributed by atoms with Crippen LogP contribution in [0.1, 0.15) is 13.3 Å². The molecule has 1 fully saturated rings. The highest BCUT2D eigenvalue weighted by atomic mass is 16.7. The van der Waals surface area contributed by atoms with Crippen LogP contribution in [-0.2, 0) is 4.79 Å². The van der Waals surface area contributed by atoms with Crippen molar-refractivity contribution in [2.24, 2.45) is 0 Å². The molecule has 1 atom stereocenters. The van der Waals surface area contributed by atoms with Gasteiger partial charge >= 0.3 is 0 Å². The minimum absolute atomic E-state index is 0.0233. The van der Waals surface area contributed by atoms with Crippen molar-refractivity contribution >= 4 is 11.6 Å². The minimum atomic E-state index is -0.392. The number of rotatable bonds is 2. The monoisotopic (exact) mass is 248 g/mol. The number of nitrogens with one attached hydrogen (secondary N) is 1. The largest absolute Gasteiger partial charge is 0.454 e. The summed E-state index contributed by atoms with van der Waals surface area (Å²) in [4.78, 5) is 14.3. The number of hydrogen-bond acceptors (Lipinski definition) is 4. The molecule has 18 heavy (non-hydrogen) atoms. The van der Waals surface area contributed by atoms with Gasteiger partial charge < -0.3 is 14.8 Å². The summed E-state index contributed by atoms with van der Waals surface area (Å²) in [5.41, 5.74) is 0.349. The maximum absolute atomic E-state index is 12.2. The van der Waals surface area contributed by atoms with E-state index in [0.717, 1.165) is 24.4 Å². The Hall–Kier alpha value is -1.75. The highest BCUT2D eigenvalue weighted by Crippen LogP contribution is 2.35. The fourth-order valence-electron chi connectivity index (χ4n) is 2.20. The third kappa shape index (κ3) is 1.62. The molecular formula is C13H16N2O3. The summed E-state index contributed by atoms with van der Waals surface area (Å²) in [6, 6.07) is 5.43. The summed E-state index contributed by atoms with van der Waals surface area (Å²) >= 11 is 0. The molecule has 0 saturated carbocycles. The fraction of sp³-hybridized carbons (Fsp3) is 0.462. The average Bonchev–Trinajstić information content (AvgIpc) is 2.83. The van der Waals surface area contributed by atoms with Gasteiger partial charge in [-0.15, -0.1) is 0 Å². The van der Waals surface area contributed by atoms with Gasteiger partial charge in [0.25, 0.3) is 0 Å². The van der Waals surface area contributed by atoms with Crippen LogP contribution in [0, 0.1) is 0 Å². The first-order valence-corrected chi connectivity index (χ1v) is 6.02. The van der Waals surface area contributed by atoms with Gasteiger partial charge in [0.15, 0.2) is 11.5 Å². The lowest BCUT2D eigenvalue weighted by atomic mass is 9.86. The van der Waals surface area contributed by atoms with E-state index >= 15 is 0 Å². The molecule has 2 aliphatic heterocycles. The highest BCUT2D eigenvalue weighted by Gasteiger charge is 2.44. The minimum Gasteiger partial charge on any atom is -0.454 e. The molecule has 1 saturated heterocycles. The second-order valence-corrected chi connectivity index (χ2v) is 4.97. The number of amides is 1. The van der Waals surface area contributed by atoms with E-state index in [1.165, 1.54) is 0 Å². The van der Waals surface area contributed by atoms with Crippen molar-refractivity contribution in [1.29, 1.82) is 0 Å². The Balaban J connectivity index is 1.75. The maximum Gasteiger partial charge on any atom is 0.244 e. The molecular weight excluding hydrogens is 232 g/mol. The maximum atomic E-state index is 12.2. The molecule has 3 rings (SSSR count). The summed E-state index contributed by atoms with van der Waals surface area (Å²) in [5, 5.41) is 2.93. The molecule has 1 aromatic carbocycles. The van der Waals surface area contributed by atoms with Gasteiger partial charge in [-0.3, -0.25) is 9.69 Å². The second-order valence-electron chi connectivity index (χ2n) is 4.97. The van der Waals surface area contributed by atoms with Gasteiger partial charge in [-0.25, -0.2) is 0 Å². The number of anilines is 1. The van der Waals surface area contributed by atoms with E-state index in [-0.39, 0.29) is 12.7 Å². The zero-order valence-electron chi connectivity index (χ0n) is 10.5. The number of hydrogen-bond donors (Lipinski definition) is 1. The summed E-state index contributed by atoms with van der Waals surface area (Å²) < 4.78 is 10.5. The predicted molar refractivity (Wildman–Crippen MR) is 66.8 cm³/mol. The third-order valence-electron chi connectivity index (χ3n) is 3.90. The summed E-state index contributed by atoms with van der Waals surface area (Å²) in [6.07, 6.45) is 0.889. The lowest BCUT2D eigenvalue weighted by Crippen LogP contribution is -2.62. The Morgan fingerprint density at radius 2 is 2.17 bits per heavy atom. The van der Waals surface area contributed by atoms with Gasteiger partial charge in [0.2, 0.25) is 12.7 Å². The van der Waals surface area contributed by atoms with E-state index in [1.807, 2.05) is 26.1 Å². The van der Waals surface area contributed by atoms with Crippen LogP contribution in [0.25, 0.3) is 0 Å². The first-order valence-electron chi connectivity index (χ1n) is 6.02. The van der Waals surface area contributed by atoms with Crippen molar-refractivity contribution in [3.63, 3.8) is 0 Å². The van der Waals surface area contributed by atoms with Crippen LogP contribution in [0.15, 0.2) is 18.2 Å². The summed E-state index contributed by atoms with van der Waals surface area (Å²) in [5.74, 6) is 1.43. The van der Waals surface area contributed by atoms with E-state index in [1.54, 1.807) is 6.07 Å². The number of fused-ring (bicyclic) bond motifs is 1. The zero-order chi connectivity index (χ0) is 12.8. The number of nitrogens with zero attached hydrogens (tertiary/aromatic N) is 1. The molecule has 96 valence electrons. The van der Waals surface area contributed by atoms with Crippen molar-refractivity contribution in [1.82, 2.24) is 4.90 Å². The van der Waals surface area contributed by atoms with Crippen molar-refractivity contribution in [2.45, 2.75) is 18.9 Å². The van der Waals surface area contributed by atoms with Crippen LogP contribution >= 0.6 is 0 Å². The molecule has 1 N–H and O–H groups in total. The zero-order valence-corrected chi connectivity index (χ0v) is 10.5. The van der Waals surface area contributed by atoms with Crippen LogP contribution < -0.4 is 14.8 Å². The van der Waals surface area contributed by atoms with Gasteiger partial charge in [0, 0.05) is 18.3 Å². The van der Waals surface area contributed by atoms with E-state index in [9.17, 15) is 4.79 Å². The molecule has 0 aromatic heterocycles. The standard InChI is InChI=1S/C13H16N2O3/c1-13(5-6-15(13)2)12(16)14-9-3-4-10-11(7-9)18-8-17-10/h3-4,7H,5-6,8H2,1-2H3,(H,14,16). The van der Waals surface area contributed by atoms with Crippen LogP contribution in [0.3, 0.4) is 0 Å². The molecule has 5 nitrogen and oxygen atoms in total. The molecule has 2 heterocycles. The number of benzene rings is 1. The Morgan fingerprint density at radius 1 is 1.39 bits per heavy atom. The van der Waals surface area contributed by atoms with Crippen molar-refractivity contribution < 1.29 is 14.3 Å². The molecule has 1 unspecified atom stereocenters. The molecule has 2 aliphatic rings. The van der Waals surface area contributed by atoms with Crippen LogP contribution in [0.5, 0.6) is 11.5 Å². The molecule has 1 aromatic rings. The van der Waals surface area contributed by atoms with Gasteiger partial charge in [0.05, 0.1) is 5.54 Å². The van der Waals surface area contributed by atoms with E-state index in [4.69, 9.17) is 9.47 Å². The highest BCUT2D eigenvalue weighted by molar-refractivity contribution is 5.98. The lowest BCUT2D eigenvalue weighted by molar-refractivity contribution is -0.133. The Kier molecular flexibility index (Phi) is 2.45. The van der Waals surface area contributed by atoms with Crippen molar-refractivity contribution in [3.8, 4) is 11.5 Å².